The minimum Gasteiger partial charge on any atom is -0.489 e. The first kappa shape index (κ1) is 11.7. The van der Waals surface area contributed by atoms with E-state index in [4.69, 9.17) is 10.5 Å². The van der Waals surface area contributed by atoms with E-state index in [0.717, 1.165) is 24.4 Å². The Bertz CT molecular complexity index is 310. The van der Waals surface area contributed by atoms with Gasteiger partial charge in [-0.15, -0.1) is 0 Å². The van der Waals surface area contributed by atoms with Crippen LogP contribution in [0.5, 0.6) is 5.75 Å². The van der Waals surface area contributed by atoms with Gasteiger partial charge >= 0.3 is 0 Å². The van der Waals surface area contributed by atoms with Gasteiger partial charge in [-0.05, 0) is 32.4 Å². The van der Waals surface area contributed by atoms with Crippen LogP contribution in [0.2, 0.25) is 0 Å². The van der Waals surface area contributed by atoms with Crippen LogP contribution < -0.4 is 15.8 Å². The van der Waals surface area contributed by atoms with Crippen molar-refractivity contribution in [3.63, 3.8) is 0 Å². The van der Waals surface area contributed by atoms with Gasteiger partial charge in [0.05, 0.1) is 11.8 Å². The second-order valence-corrected chi connectivity index (χ2v) is 3.85. The maximum absolute atomic E-state index is 5.81. The van der Waals surface area contributed by atoms with Crippen molar-refractivity contribution in [2.24, 2.45) is 0 Å². The van der Waals surface area contributed by atoms with E-state index in [1.807, 2.05) is 32.0 Å². The highest BCUT2D eigenvalue weighted by molar-refractivity contribution is 5.61. The summed E-state index contributed by atoms with van der Waals surface area (Å²) in [5, 5.41) is 3.30. The zero-order valence-corrected chi connectivity index (χ0v) is 9.71. The molecule has 0 saturated heterocycles. The number of nitrogens with two attached hydrogens (primary N) is 1. The Kier molecular flexibility index (Phi) is 4.28. The van der Waals surface area contributed by atoms with Crippen molar-refractivity contribution in [1.82, 2.24) is 0 Å². The highest BCUT2D eigenvalue weighted by atomic mass is 16.5. The molecule has 0 unspecified atom stereocenters. The van der Waals surface area contributed by atoms with Crippen LogP contribution >= 0.6 is 0 Å². The Morgan fingerprint density at radius 1 is 1.40 bits per heavy atom. The van der Waals surface area contributed by atoms with E-state index < -0.39 is 0 Å². The summed E-state index contributed by atoms with van der Waals surface area (Å²) in [6, 6.07) is 5.79. The second kappa shape index (κ2) is 5.49. The highest BCUT2D eigenvalue weighted by Gasteiger charge is 2.03. The lowest BCUT2D eigenvalue weighted by Gasteiger charge is -2.14. The molecular weight excluding hydrogens is 188 g/mol. The van der Waals surface area contributed by atoms with Crippen LogP contribution in [0.15, 0.2) is 18.2 Å². The van der Waals surface area contributed by atoms with Crippen molar-refractivity contribution in [3.05, 3.63) is 18.2 Å². The summed E-state index contributed by atoms with van der Waals surface area (Å²) in [5.41, 5.74) is 7.56. The third kappa shape index (κ3) is 3.70. The third-order valence-corrected chi connectivity index (χ3v) is 1.96. The largest absolute Gasteiger partial charge is 0.489 e. The topological polar surface area (TPSA) is 47.3 Å². The molecule has 15 heavy (non-hydrogen) atoms. The van der Waals surface area contributed by atoms with E-state index >= 15 is 0 Å². The van der Waals surface area contributed by atoms with Crippen LogP contribution in [-0.4, -0.2) is 12.6 Å². The van der Waals surface area contributed by atoms with Gasteiger partial charge < -0.3 is 15.8 Å². The Hall–Kier alpha value is -1.38. The molecule has 0 amide bonds. The second-order valence-electron chi connectivity index (χ2n) is 3.85. The molecule has 0 saturated carbocycles. The van der Waals surface area contributed by atoms with Gasteiger partial charge in [0.2, 0.25) is 0 Å². The van der Waals surface area contributed by atoms with E-state index in [1.165, 1.54) is 0 Å². The molecule has 0 aliphatic rings. The van der Waals surface area contributed by atoms with Crippen molar-refractivity contribution in [2.75, 3.05) is 17.6 Å². The number of ether oxygens (including phenoxy) is 1. The first-order valence-electron chi connectivity index (χ1n) is 5.43. The lowest BCUT2D eigenvalue weighted by molar-refractivity contribution is 0.244. The minimum atomic E-state index is 0.147. The summed E-state index contributed by atoms with van der Waals surface area (Å²) < 4.78 is 5.60. The molecule has 0 aliphatic heterocycles. The van der Waals surface area contributed by atoms with Crippen LogP contribution in [-0.2, 0) is 0 Å². The van der Waals surface area contributed by atoms with Crippen LogP contribution in [0.4, 0.5) is 11.4 Å². The molecule has 0 radical (unpaired) electrons. The van der Waals surface area contributed by atoms with E-state index in [-0.39, 0.29) is 6.10 Å². The van der Waals surface area contributed by atoms with Gasteiger partial charge in [0.25, 0.3) is 0 Å². The number of benzene rings is 1. The summed E-state index contributed by atoms with van der Waals surface area (Å²) >= 11 is 0. The Morgan fingerprint density at radius 3 is 2.73 bits per heavy atom. The summed E-state index contributed by atoms with van der Waals surface area (Å²) in [4.78, 5) is 0. The monoisotopic (exact) mass is 208 g/mol. The fourth-order valence-corrected chi connectivity index (χ4v) is 1.27. The summed E-state index contributed by atoms with van der Waals surface area (Å²) in [6.45, 7) is 7.08. The van der Waals surface area contributed by atoms with E-state index in [0.29, 0.717) is 5.69 Å². The normalized spacial score (nSPS) is 10.4. The van der Waals surface area contributed by atoms with Gasteiger partial charge in [-0.3, -0.25) is 0 Å². The maximum atomic E-state index is 5.81. The maximum Gasteiger partial charge on any atom is 0.144 e. The van der Waals surface area contributed by atoms with Gasteiger partial charge in [-0.2, -0.15) is 0 Å². The summed E-state index contributed by atoms with van der Waals surface area (Å²) in [5.74, 6) is 0.756. The number of nitrogen functional groups attached to an aromatic ring is 1. The van der Waals surface area contributed by atoms with Gasteiger partial charge in [0.1, 0.15) is 5.75 Å². The minimum absolute atomic E-state index is 0.147. The fraction of sp³-hybridized carbons (Fsp3) is 0.500. The number of anilines is 2. The van der Waals surface area contributed by atoms with E-state index in [2.05, 4.69) is 12.2 Å². The van der Waals surface area contributed by atoms with Crippen molar-refractivity contribution in [3.8, 4) is 5.75 Å². The van der Waals surface area contributed by atoms with Crippen LogP contribution in [0.3, 0.4) is 0 Å². The lowest BCUT2D eigenvalue weighted by atomic mass is 10.2. The summed E-state index contributed by atoms with van der Waals surface area (Å²) in [7, 11) is 0. The van der Waals surface area contributed by atoms with E-state index in [9.17, 15) is 0 Å². The Labute approximate surface area is 91.6 Å². The molecule has 3 nitrogen and oxygen atoms in total. The molecule has 1 aromatic rings. The Morgan fingerprint density at radius 2 is 2.13 bits per heavy atom. The van der Waals surface area contributed by atoms with Gasteiger partial charge in [0, 0.05) is 18.3 Å². The van der Waals surface area contributed by atoms with E-state index in [1.54, 1.807) is 0 Å². The highest BCUT2D eigenvalue weighted by Crippen LogP contribution is 2.26. The first-order valence-corrected chi connectivity index (χ1v) is 5.43. The van der Waals surface area contributed by atoms with Gasteiger partial charge in [-0.1, -0.05) is 6.92 Å². The molecular formula is C12H20N2O. The van der Waals surface area contributed by atoms with Crippen molar-refractivity contribution in [2.45, 2.75) is 33.3 Å². The number of nitrogens with one attached hydrogen (secondary N) is 1. The van der Waals surface area contributed by atoms with Crippen molar-refractivity contribution < 1.29 is 4.74 Å². The third-order valence-electron chi connectivity index (χ3n) is 1.96. The molecule has 1 aromatic carbocycles. The molecule has 3 N–H and O–H groups in total. The first-order chi connectivity index (χ1) is 7.13. The Balaban J connectivity index is 2.75. The lowest BCUT2D eigenvalue weighted by Crippen LogP contribution is -2.08. The summed E-state index contributed by atoms with van der Waals surface area (Å²) in [6.07, 6.45) is 1.25. The molecule has 0 spiro atoms. The molecule has 0 bridgehead atoms. The molecule has 1 rings (SSSR count). The molecule has 0 fully saturated rings. The molecule has 84 valence electrons. The molecule has 0 aliphatic carbocycles. The standard InChI is InChI=1S/C12H20N2O/c1-4-7-14-10-5-6-11(13)12(8-10)15-9(2)3/h5-6,8-9,14H,4,7,13H2,1-3H3. The van der Waals surface area contributed by atoms with Crippen LogP contribution in [0.1, 0.15) is 27.2 Å². The average molecular weight is 208 g/mol. The van der Waals surface area contributed by atoms with Crippen molar-refractivity contribution >= 4 is 11.4 Å². The zero-order valence-electron chi connectivity index (χ0n) is 9.71. The van der Waals surface area contributed by atoms with Crippen LogP contribution in [0, 0.1) is 0 Å². The fourth-order valence-electron chi connectivity index (χ4n) is 1.27. The number of rotatable bonds is 5. The smallest absolute Gasteiger partial charge is 0.144 e. The predicted octanol–water partition coefficient (Wildman–Crippen LogP) is 2.88. The predicted molar refractivity (Wildman–Crippen MR) is 65.4 cm³/mol. The number of hydrogen-bond donors (Lipinski definition) is 2. The van der Waals surface area contributed by atoms with Crippen molar-refractivity contribution in [1.29, 1.82) is 0 Å². The van der Waals surface area contributed by atoms with Crippen LogP contribution in [0.25, 0.3) is 0 Å². The molecule has 3 heteroatoms. The SMILES string of the molecule is CCCNc1ccc(N)c(OC(C)C)c1. The number of hydrogen-bond acceptors (Lipinski definition) is 3. The quantitative estimate of drug-likeness (QED) is 0.731. The average Bonchev–Trinajstić information content (AvgIpc) is 2.18. The molecule has 0 aromatic heterocycles. The molecule has 0 atom stereocenters. The van der Waals surface area contributed by atoms with Gasteiger partial charge in [0.15, 0.2) is 0 Å². The molecule has 0 heterocycles. The van der Waals surface area contributed by atoms with Gasteiger partial charge in [-0.25, -0.2) is 0 Å². The zero-order chi connectivity index (χ0) is 11.3.